The molecular weight excluding hydrogens is 550 g/mol. The third-order valence-corrected chi connectivity index (χ3v) is 8.33. The summed E-state index contributed by atoms with van der Waals surface area (Å²) in [5.41, 5.74) is 1.26. The molecule has 0 saturated heterocycles. The largest absolute Gasteiger partial charge is 0.494 e. The molecule has 3 N–H and O–H groups in total. The van der Waals surface area contributed by atoms with Gasteiger partial charge < -0.3 is 29.7 Å². The standard InChI is InChI=1S/C34H45NO8/c36-32(35-27-10-6-9-25(22-27)33(37)38)30-23-26(34(39)40)15-18-31(30)43-21-7-8-24-13-16-29(17-14-24)42-20-5-4-19-41-28-11-2-1-3-12-28/h13-18,23,25,27-28H,1-12,19-22H2,(H,35,36)(H,37,38)(H,39,40)/t25-,27+/m0/s1. The topological polar surface area (TPSA) is 131 Å². The minimum Gasteiger partial charge on any atom is -0.494 e. The molecule has 234 valence electrons. The lowest BCUT2D eigenvalue weighted by Gasteiger charge is -2.27. The summed E-state index contributed by atoms with van der Waals surface area (Å²) in [6.07, 6.45) is 12.6. The Hall–Kier alpha value is -3.59. The quantitative estimate of drug-likeness (QED) is 0.193. The predicted molar refractivity (Wildman–Crippen MR) is 162 cm³/mol. The fourth-order valence-corrected chi connectivity index (χ4v) is 5.86. The number of benzene rings is 2. The third-order valence-electron chi connectivity index (χ3n) is 8.33. The van der Waals surface area contributed by atoms with Crippen LogP contribution >= 0.6 is 0 Å². The van der Waals surface area contributed by atoms with Crippen LogP contribution in [0.15, 0.2) is 42.5 Å². The van der Waals surface area contributed by atoms with Crippen molar-refractivity contribution in [2.45, 2.75) is 95.6 Å². The number of aliphatic carboxylic acids is 1. The first kappa shape index (κ1) is 32.3. The summed E-state index contributed by atoms with van der Waals surface area (Å²) in [5, 5.41) is 21.7. The molecule has 0 bridgehead atoms. The fraction of sp³-hybridized carbons (Fsp3) is 0.559. The summed E-state index contributed by atoms with van der Waals surface area (Å²) in [6, 6.07) is 12.0. The molecule has 2 fully saturated rings. The highest BCUT2D eigenvalue weighted by atomic mass is 16.5. The van der Waals surface area contributed by atoms with Gasteiger partial charge in [-0.05, 0) is 93.7 Å². The monoisotopic (exact) mass is 595 g/mol. The molecule has 2 saturated carbocycles. The number of ether oxygens (including phenoxy) is 3. The van der Waals surface area contributed by atoms with Gasteiger partial charge in [0.25, 0.3) is 5.91 Å². The van der Waals surface area contributed by atoms with Crippen molar-refractivity contribution >= 4 is 17.8 Å². The van der Waals surface area contributed by atoms with E-state index in [0.29, 0.717) is 57.2 Å². The fourth-order valence-electron chi connectivity index (χ4n) is 5.86. The number of aromatic carboxylic acids is 1. The van der Waals surface area contributed by atoms with E-state index in [9.17, 15) is 24.6 Å². The Kier molecular flexibility index (Phi) is 12.7. The molecule has 0 radical (unpaired) electrons. The average Bonchev–Trinajstić information content (AvgIpc) is 3.02. The first-order valence-electron chi connectivity index (χ1n) is 15.8. The number of unbranched alkanes of at least 4 members (excludes halogenated alkanes) is 1. The maximum absolute atomic E-state index is 13.1. The van der Waals surface area contributed by atoms with Gasteiger partial charge in [0.2, 0.25) is 0 Å². The minimum absolute atomic E-state index is 0.0142. The Morgan fingerprint density at radius 3 is 2.28 bits per heavy atom. The summed E-state index contributed by atoms with van der Waals surface area (Å²) in [6.45, 7) is 1.82. The molecule has 2 aromatic carbocycles. The van der Waals surface area contributed by atoms with E-state index in [1.54, 1.807) is 0 Å². The Balaban J connectivity index is 1.19. The van der Waals surface area contributed by atoms with Crippen molar-refractivity contribution in [2.24, 2.45) is 5.92 Å². The number of aryl methyl sites for hydroxylation is 1. The van der Waals surface area contributed by atoms with Gasteiger partial charge in [-0.2, -0.15) is 0 Å². The number of hydrogen-bond donors (Lipinski definition) is 3. The summed E-state index contributed by atoms with van der Waals surface area (Å²) >= 11 is 0. The van der Waals surface area contributed by atoms with Crippen molar-refractivity contribution in [3.05, 3.63) is 59.2 Å². The minimum atomic E-state index is -1.14. The maximum atomic E-state index is 13.1. The van der Waals surface area contributed by atoms with Gasteiger partial charge in [0.05, 0.1) is 36.4 Å². The number of carbonyl (C=O) groups excluding carboxylic acids is 1. The van der Waals surface area contributed by atoms with Gasteiger partial charge in [-0.3, -0.25) is 9.59 Å². The number of hydrogen-bond acceptors (Lipinski definition) is 6. The van der Waals surface area contributed by atoms with Crippen molar-refractivity contribution in [1.82, 2.24) is 5.32 Å². The summed E-state index contributed by atoms with van der Waals surface area (Å²) < 4.78 is 17.8. The van der Waals surface area contributed by atoms with Crippen LogP contribution in [0, 0.1) is 5.92 Å². The molecule has 2 aliphatic rings. The van der Waals surface area contributed by atoms with Crippen LogP contribution in [0.25, 0.3) is 0 Å². The van der Waals surface area contributed by atoms with Crippen LogP contribution in [0.3, 0.4) is 0 Å². The van der Waals surface area contributed by atoms with Gasteiger partial charge in [0.1, 0.15) is 11.5 Å². The van der Waals surface area contributed by atoms with E-state index in [1.807, 2.05) is 24.3 Å². The Morgan fingerprint density at radius 1 is 0.791 bits per heavy atom. The van der Waals surface area contributed by atoms with Gasteiger partial charge in [-0.1, -0.05) is 37.8 Å². The molecule has 0 aliphatic heterocycles. The molecule has 43 heavy (non-hydrogen) atoms. The molecule has 9 nitrogen and oxygen atoms in total. The number of carboxylic acid groups (broad SMARTS) is 2. The maximum Gasteiger partial charge on any atom is 0.335 e. The second-order valence-corrected chi connectivity index (χ2v) is 11.7. The van der Waals surface area contributed by atoms with Crippen LogP contribution in [-0.4, -0.2) is 60.0 Å². The van der Waals surface area contributed by atoms with Crippen LogP contribution in [0.5, 0.6) is 11.5 Å². The van der Waals surface area contributed by atoms with Crippen LogP contribution in [-0.2, 0) is 16.0 Å². The van der Waals surface area contributed by atoms with Crippen molar-refractivity contribution < 1.29 is 38.8 Å². The van der Waals surface area contributed by atoms with Crippen LogP contribution in [0.4, 0.5) is 0 Å². The number of carboxylic acids is 2. The molecule has 2 aromatic rings. The van der Waals surface area contributed by atoms with Gasteiger partial charge in [0.15, 0.2) is 0 Å². The number of rotatable bonds is 16. The highest BCUT2D eigenvalue weighted by Gasteiger charge is 2.29. The molecule has 1 amide bonds. The average molecular weight is 596 g/mol. The van der Waals surface area contributed by atoms with Crippen LogP contribution < -0.4 is 14.8 Å². The SMILES string of the molecule is O=C(O)c1ccc(OCCCc2ccc(OCCCCOC3CCCCC3)cc2)c(C(=O)N[C@@H]2CCC[C@H](C(=O)O)C2)c1. The number of carbonyl (C=O) groups is 3. The molecule has 4 rings (SSSR count). The first-order chi connectivity index (χ1) is 20.9. The summed E-state index contributed by atoms with van der Waals surface area (Å²) in [4.78, 5) is 36.1. The van der Waals surface area contributed by atoms with E-state index in [1.165, 1.54) is 50.3 Å². The zero-order chi connectivity index (χ0) is 30.4. The van der Waals surface area contributed by atoms with Crippen molar-refractivity contribution in [1.29, 1.82) is 0 Å². The van der Waals surface area contributed by atoms with Gasteiger partial charge in [-0.25, -0.2) is 4.79 Å². The number of amides is 1. The second-order valence-electron chi connectivity index (χ2n) is 11.7. The predicted octanol–water partition coefficient (Wildman–Crippen LogP) is 6.28. The molecule has 0 spiro atoms. The van der Waals surface area contributed by atoms with Gasteiger partial charge in [0, 0.05) is 12.6 Å². The first-order valence-corrected chi connectivity index (χ1v) is 15.8. The summed E-state index contributed by atoms with van der Waals surface area (Å²) in [7, 11) is 0. The lowest BCUT2D eigenvalue weighted by atomic mass is 9.85. The Morgan fingerprint density at radius 2 is 1.53 bits per heavy atom. The normalized spacial score (nSPS) is 19.0. The molecule has 2 atom stereocenters. The molecule has 2 aliphatic carbocycles. The summed E-state index contributed by atoms with van der Waals surface area (Å²) in [5.74, 6) is -1.79. The molecule has 0 unspecified atom stereocenters. The van der Waals surface area contributed by atoms with Crippen LogP contribution in [0.2, 0.25) is 0 Å². The van der Waals surface area contributed by atoms with E-state index in [-0.39, 0.29) is 17.2 Å². The van der Waals surface area contributed by atoms with Crippen molar-refractivity contribution in [3.8, 4) is 11.5 Å². The van der Waals surface area contributed by atoms with Crippen LogP contribution in [0.1, 0.15) is 103 Å². The molecular formula is C34H45NO8. The highest BCUT2D eigenvalue weighted by molar-refractivity contribution is 6.00. The van der Waals surface area contributed by atoms with Crippen molar-refractivity contribution in [2.75, 3.05) is 19.8 Å². The van der Waals surface area contributed by atoms with E-state index in [4.69, 9.17) is 14.2 Å². The molecule has 9 heteroatoms. The van der Waals surface area contributed by atoms with Gasteiger partial charge in [-0.15, -0.1) is 0 Å². The van der Waals surface area contributed by atoms with Crippen molar-refractivity contribution in [3.63, 3.8) is 0 Å². The Labute approximate surface area is 253 Å². The van der Waals surface area contributed by atoms with E-state index in [0.717, 1.165) is 37.2 Å². The van der Waals surface area contributed by atoms with Gasteiger partial charge >= 0.3 is 11.9 Å². The zero-order valence-electron chi connectivity index (χ0n) is 24.9. The lowest BCUT2D eigenvalue weighted by Crippen LogP contribution is -2.40. The van der Waals surface area contributed by atoms with E-state index >= 15 is 0 Å². The smallest absolute Gasteiger partial charge is 0.335 e. The number of nitrogens with one attached hydrogen (secondary N) is 1. The lowest BCUT2D eigenvalue weighted by molar-refractivity contribution is -0.143. The van der Waals surface area contributed by atoms with E-state index in [2.05, 4.69) is 5.32 Å². The molecule has 0 aromatic heterocycles. The van der Waals surface area contributed by atoms with E-state index < -0.39 is 23.8 Å². The zero-order valence-corrected chi connectivity index (χ0v) is 24.9. The highest BCUT2D eigenvalue weighted by Crippen LogP contribution is 2.27. The second kappa shape index (κ2) is 16.9. The Bertz CT molecular complexity index is 1190. The molecule has 0 heterocycles. The third kappa shape index (κ3) is 10.6.